The highest BCUT2D eigenvalue weighted by Crippen LogP contribution is 2.15. The third-order valence-corrected chi connectivity index (χ3v) is 3.93. The predicted molar refractivity (Wildman–Crippen MR) is 73.0 cm³/mol. The lowest BCUT2D eigenvalue weighted by molar-refractivity contribution is 0.0957. The zero-order valence-corrected chi connectivity index (χ0v) is 11.4. The summed E-state index contributed by atoms with van der Waals surface area (Å²) in [4.78, 5) is 12.7. The molecule has 0 aliphatic carbocycles. The lowest BCUT2D eigenvalue weighted by Gasteiger charge is -2.04. The number of carbonyl (C=O) groups is 1. The standard InChI is InChI=1S/C13H17N3OS/c1-9-5-7-18-12(9)13(17)14-6-3-4-11-8-15-16-10(11)2/h5,7-8H,3-4,6H2,1-2H3,(H,14,17)(H,15,16). The zero-order valence-electron chi connectivity index (χ0n) is 10.6. The number of nitrogens with one attached hydrogen (secondary N) is 2. The number of rotatable bonds is 5. The Morgan fingerprint density at radius 3 is 2.94 bits per heavy atom. The predicted octanol–water partition coefficient (Wildman–Crippen LogP) is 2.45. The Balaban J connectivity index is 1.75. The van der Waals surface area contributed by atoms with E-state index in [1.54, 1.807) is 0 Å². The second-order valence-corrected chi connectivity index (χ2v) is 5.23. The molecule has 5 heteroatoms. The maximum atomic E-state index is 11.8. The quantitative estimate of drug-likeness (QED) is 0.814. The van der Waals surface area contributed by atoms with Gasteiger partial charge in [-0.1, -0.05) is 0 Å². The van der Waals surface area contributed by atoms with Crippen molar-refractivity contribution < 1.29 is 4.79 Å². The Labute approximate surface area is 110 Å². The van der Waals surface area contributed by atoms with Crippen molar-refractivity contribution in [2.45, 2.75) is 26.7 Å². The number of hydrogen-bond acceptors (Lipinski definition) is 3. The maximum absolute atomic E-state index is 11.8. The van der Waals surface area contributed by atoms with Gasteiger partial charge in [-0.15, -0.1) is 11.3 Å². The zero-order chi connectivity index (χ0) is 13.0. The number of carbonyl (C=O) groups excluding carboxylic acids is 1. The average molecular weight is 263 g/mol. The first-order chi connectivity index (χ1) is 8.68. The molecule has 0 unspecified atom stereocenters. The largest absolute Gasteiger partial charge is 0.351 e. The fraction of sp³-hybridized carbons (Fsp3) is 0.385. The summed E-state index contributed by atoms with van der Waals surface area (Å²) < 4.78 is 0. The Kier molecular flexibility index (Phi) is 4.15. The third kappa shape index (κ3) is 2.98. The molecular weight excluding hydrogens is 246 g/mol. The molecule has 2 heterocycles. The van der Waals surface area contributed by atoms with Gasteiger partial charge in [0, 0.05) is 12.2 Å². The summed E-state index contributed by atoms with van der Waals surface area (Å²) in [5.41, 5.74) is 3.37. The highest BCUT2D eigenvalue weighted by Gasteiger charge is 2.09. The van der Waals surface area contributed by atoms with Gasteiger partial charge in [-0.2, -0.15) is 5.10 Å². The van der Waals surface area contributed by atoms with Gasteiger partial charge in [0.25, 0.3) is 5.91 Å². The van der Waals surface area contributed by atoms with Crippen LogP contribution in [-0.4, -0.2) is 22.6 Å². The van der Waals surface area contributed by atoms with Gasteiger partial charge >= 0.3 is 0 Å². The van der Waals surface area contributed by atoms with E-state index in [0.717, 1.165) is 29.0 Å². The van der Waals surface area contributed by atoms with Crippen molar-refractivity contribution in [3.63, 3.8) is 0 Å². The molecule has 2 aromatic rings. The molecule has 0 spiro atoms. The highest BCUT2D eigenvalue weighted by atomic mass is 32.1. The molecule has 0 bridgehead atoms. The van der Waals surface area contributed by atoms with Gasteiger partial charge in [-0.25, -0.2) is 0 Å². The van der Waals surface area contributed by atoms with Crippen LogP contribution in [0, 0.1) is 13.8 Å². The van der Waals surface area contributed by atoms with Crippen LogP contribution < -0.4 is 5.32 Å². The normalized spacial score (nSPS) is 10.6. The summed E-state index contributed by atoms with van der Waals surface area (Å²) in [5, 5.41) is 11.8. The Bertz CT molecular complexity index is 530. The lowest BCUT2D eigenvalue weighted by atomic mass is 10.1. The summed E-state index contributed by atoms with van der Waals surface area (Å²) in [6, 6.07) is 1.97. The molecule has 0 fully saturated rings. The van der Waals surface area contributed by atoms with E-state index in [9.17, 15) is 4.79 Å². The molecule has 0 aromatic carbocycles. The van der Waals surface area contributed by atoms with E-state index >= 15 is 0 Å². The number of amides is 1. The SMILES string of the molecule is Cc1ccsc1C(=O)NCCCc1cn[nH]c1C. The third-order valence-electron chi connectivity index (χ3n) is 2.91. The summed E-state index contributed by atoms with van der Waals surface area (Å²) >= 11 is 1.49. The minimum absolute atomic E-state index is 0.0337. The maximum Gasteiger partial charge on any atom is 0.261 e. The van der Waals surface area contributed by atoms with Gasteiger partial charge in [0.1, 0.15) is 0 Å². The fourth-order valence-electron chi connectivity index (χ4n) is 1.79. The molecule has 0 aliphatic rings. The first-order valence-corrected chi connectivity index (χ1v) is 6.87. The molecule has 0 radical (unpaired) electrons. The number of aryl methyl sites for hydroxylation is 3. The van der Waals surface area contributed by atoms with Gasteiger partial charge < -0.3 is 5.32 Å². The average Bonchev–Trinajstić information content (AvgIpc) is 2.94. The summed E-state index contributed by atoms with van der Waals surface area (Å²) in [7, 11) is 0. The Hall–Kier alpha value is -1.62. The van der Waals surface area contributed by atoms with Crippen LogP contribution in [0.4, 0.5) is 0 Å². The van der Waals surface area contributed by atoms with Crippen molar-refractivity contribution >= 4 is 17.2 Å². The van der Waals surface area contributed by atoms with E-state index in [2.05, 4.69) is 15.5 Å². The van der Waals surface area contributed by atoms with Crippen LogP contribution in [-0.2, 0) is 6.42 Å². The van der Waals surface area contributed by atoms with E-state index < -0.39 is 0 Å². The van der Waals surface area contributed by atoms with Crippen LogP contribution in [0.3, 0.4) is 0 Å². The van der Waals surface area contributed by atoms with Crippen molar-refractivity contribution in [3.05, 3.63) is 39.3 Å². The van der Waals surface area contributed by atoms with Crippen LogP contribution in [0.1, 0.15) is 32.9 Å². The smallest absolute Gasteiger partial charge is 0.261 e. The van der Waals surface area contributed by atoms with Crippen molar-refractivity contribution in [2.75, 3.05) is 6.54 Å². The Morgan fingerprint density at radius 2 is 2.33 bits per heavy atom. The van der Waals surface area contributed by atoms with E-state index in [-0.39, 0.29) is 5.91 Å². The van der Waals surface area contributed by atoms with Crippen molar-refractivity contribution in [2.24, 2.45) is 0 Å². The van der Waals surface area contributed by atoms with Crippen LogP contribution in [0.2, 0.25) is 0 Å². The molecule has 0 atom stereocenters. The van der Waals surface area contributed by atoms with Gasteiger partial charge in [-0.05, 0) is 49.3 Å². The van der Waals surface area contributed by atoms with Gasteiger partial charge in [-0.3, -0.25) is 9.89 Å². The van der Waals surface area contributed by atoms with Crippen LogP contribution in [0.15, 0.2) is 17.6 Å². The first kappa shape index (κ1) is 12.8. The van der Waals surface area contributed by atoms with Crippen LogP contribution >= 0.6 is 11.3 Å². The number of aromatic nitrogens is 2. The second kappa shape index (κ2) is 5.82. The van der Waals surface area contributed by atoms with E-state index in [0.29, 0.717) is 6.54 Å². The van der Waals surface area contributed by atoms with Gasteiger partial charge in [0.05, 0.1) is 11.1 Å². The number of hydrogen-bond donors (Lipinski definition) is 2. The van der Waals surface area contributed by atoms with Gasteiger partial charge in [0.2, 0.25) is 0 Å². The molecule has 0 saturated carbocycles. The molecule has 4 nitrogen and oxygen atoms in total. The summed E-state index contributed by atoms with van der Waals surface area (Å²) in [6.45, 7) is 4.66. The van der Waals surface area contributed by atoms with E-state index in [1.165, 1.54) is 16.9 Å². The number of nitrogens with zero attached hydrogens (tertiary/aromatic N) is 1. The van der Waals surface area contributed by atoms with Crippen LogP contribution in [0.5, 0.6) is 0 Å². The molecule has 0 aliphatic heterocycles. The molecular formula is C13H17N3OS. The topological polar surface area (TPSA) is 57.8 Å². The number of H-pyrrole nitrogens is 1. The van der Waals surface area contributed by atoms with E-state index in [4.69, 9.17) is 0 Å². The second-order valence-electron chi connectivity index (χ2n) is 4.31. The fourth-order valence-corrected chi connectivity index (χ4v) is 2.64. The van der Waals surface area contributed by atoms with Crippen molar-refractivity contribution in [1.82, 2.24) is 15.5 Å². The molecule has 2 rings (SSSR count). The molecule has 2 aromatic heterocycles. The molecule has 1 amide bonds. The summed E-state index contributed by atoms with van der Waals surface area (Å²) in [6.07, 6.45) is 3.71. The molecule has 18 heavy (non-hydrogen) atoms. The number of aromatic amines is 1. The molecule has 96 valence electrons. The monoisotopic (exact) mass is 263 g/mol. The Morgan fingerprint density at radius 1 is 1.50 bits per heavy atom. The minimum atomic E-state index is 0.0337. The van der Waals surface area contributed by atoms with Gasteiger partial charge in [0.15, 0.2) is 0 Å². The van der Waals surface area contributed by atoms with Crippen molar-refractivity contribution in [1.29, 1.82) is 0 Å². The summed E-state index contributed by atoms with van der Waals surface area (Å²) in [5.74, 6) is 0.0337. The molecule has 0 saturated heterocycles. The molecule has 2 N–H and O–H groups in total. The highest BCUT2D eigenvalue weighted by molar-refractivity contribution is 7.12. The lowest BCUT2D eigenvalue weighted by Crippen LogP contribution is -2.24. The first-order valence-electron chi connectivity index (χ1n) is 5.99. The minimum Gasteiger partial charge on any atom is -0.351 e. The van der Waals surface area contributed by atoms with E-state index in [1.807, 2.05) is 31.5 Å². The van der Waals surface area contributed by atoms with Crippen molar-refractivity contribution in [3.8, 4) is 0 Å². The van der Waals surface area contributed by atoms with Crippen LogP contribution in [0.25, 0.3) is 0 Å². The number of thiophene rings is 1.